The normalized spacial score (nSPS) is 32.9. The van der Waals surface area contributed by atoms with Crippen molar-refractivity contribution < 1.29 is 19.1 Å². The number of likely N-dealkylation sites (N-methyl/N-ethyl adjacent to an activating group) is 1. The van der Waals surface area contributed by atoms with Crippen LogP contribution in [0.1, 0.15) is 46.5 Å². The Bertz CT molecular complexity index is 396. The van der Waals surface area contributed by atoms with E-state index in [4.69, 9.17) is 9.47 Å². The summed E-state index contributed by atoms with van der Waals surface area (Å²) in [5, 5.41) is 0. The van der Waals surface area contributed by atoms with E-state index in [1.165, 1.54) is 11.3 Å². The van der Waals surface area contributed by atoms with Gasteiger partial charge in [-0.25, -0.2) is 9.59 Å². The van der Waals surface area contributed by atoms with Gasteiger partial charge < -0.3 is 9.47 Å². The standard InChI is InChI=1S/C16H27NO4/c1-10(2)12-6-5-11(3)9-14(12)21-16(19)17(4)13-7-8-20-15(13)18/h10-14H,5-9H2,1-4H3. The van der Waals surface area contributed by atoms with Crippen molar-refractivity contribution in [2.75, 3.05) is 13.7 Å². The number of hydrogen-bond acceptors (Lipinski definition) is 4. The van der Waals surface area contributed by atoms with Crippen molar-refractivity contribution in [3.8, 4) is 0 Å². The van der Waals surface area contributed by atoms with Gasteiger partial charge in [-0.1, -0.05) is 27.2 Å². The van der Waals surface area contributed by atoms with Crippen molar-refractivity contribution in [2.24, 2.45) is 17.8 Å². The molecule has 2 rings (SSSR count). The van der Waals surface area contributed by atoms with Gasteiger partial charge in [0.25, 0.3) is 0 Å². The van der Waals surface area contributed by atoms with Gasteiger partial charge >= 0.3 is 12.1 Å². The van der Waals surface area contributed by atoms with E-state index < -0.39 is 12.1 Å². The summed E-state index contributed by atoms with van der Waals surface area (Å²) in [5.74, 6) is 1.16. The average Bonchev–Trinajstić information content (AvgIpc) is 2.83. The summed E-state index contributed by atoms with van der Waals surface area (Å²) in [4.78, 5) is 25.3. The minimum absolute atomic E-state index is 0.0406. The van der Waals surface area contributed by atoms with Crippen LogP contribution in [-0.4, -0.2) is 42.8 Å². The second kappa shape index (κ2) is 6.67. The lowest BCUT2D eigenvalue weighted by molar-refractivity contribution is -0.141. The molecule has 0 aromatic carbocycles. The summed E-state index contributed by atoms with van der Waals surface area (Å²) in [5.41, 5.74) is 0. The molecule has 4 atom stereocenters. The number of ether oxygens (including phenoxy) is 2. The summed E-state index contributed by atoms with van der Waals surface area (Å²) < 4.78 is 10.7. The van der Waals surface area contributed by atoms with E-state index in [0.29, 0.717) is 30.8 Å². The van der Waals surface area contributed by atoms with Crippen LogP contribution in [0, 0.1) is 17.8 Å². The lowest BCUT2D eigenvalue weighted by atomic mass is 9.75. The number of cyclic esters (lactones) is 1. The molecule has 120 valence electrons. The van der Waals surface area contributed by atoms with Crippen LogP contribution < -0.4 is 0 Å². The van der Waals surface area contributed by atoms with Crippen LogP contribution in [0.15, 0.2) is 0 Å². The third-order valence-corrected chi connectivity index (χ3v) is 4.88. The number of carbonyl (C=O) groups excluding carboxylic acids is 2. The van der Waals surface area contributed by atoms with E-state index >= 15 is 0 Å². The lowest BCUT2D eigenvalue weighted by Gasteiger charge is -2.37. The highest BCUT2D eigenvalue weighted by Gasteiger charge is 2.37. The number of amides is 1. The highest BCUT2D eigenvalue weighted by atomic mass is 16.6. The fraction of sp³-hybridized carbons (Fsp3) is 0.875. The maximum absolute atomic E-state index is 12.3. The maximum Gasteiger partial charge on any atom is 0.410 e. The van der Waals surface area contributed by atoms with Crippen LogP contribution in [0.5, 0.6) is 0 Å². The van der Waals surface area contributed by atoms with E-state index in [1.54, 1.807) is 7.05 Å². The minimum Gasteiger partial charge on any atom is -0.464 e. The largest absolute Gasteiger partial charge is 0.464 e. The number of hydrogen-bond donors (Lipinski definition) is 0. The molecule has 4 unspecified atom stereocenters. The monoisotopic (exact) mass is 297 g/mol. The Hall–Kier alpha value is -1.26. The molecule has 5 heteroatoms. The summed E-state index contributed by atoms with van der Waals surface area (Å²) in [7, 11) is 1.62. The van der Waals surface area contributed by atoms with E-state index in [9.17, 15) is 9.59 Å². The van der Waals surface area contributed by atoms with Gasteiger partial charge in [-0.15, -0.1) is 0 Å². The molecule has 21 heavy (non-hydrogen) atoms. The molecule has 0 aromatic rings. The van der Waals surface area contributed by atoms with Crippen LogP contribution in [0.3, 0.4) is 0 Å². The fourth-order valence-electron chi connectivity index (χ4n) is 3.43. The van der Waals surface area contributed by atoms with Crippen molar-refractivity contribution in [1.82, 2.24) is 4.90 Å². The Morgan fingerprint density at radius 3 is 2.62 bits per heavy atom. The quantitative estimate of drug-likeness (QED) is 0.752. The molecule has 1 aliphatic heterocycles. The molecule has 2 aliphatic rings. The maximum atomic E-state index is 12.3. The average molecular weight is 297 g/mol. The molecular formula is C16H27NO4. The van der Waals surface area contributed by atoms with Crippen molar-refractivity contribution >= 4 is 12.1 Å². The molecule has 0 aromatic heterocycles. The Kier molecular flexibility index (Phi) is 5.12. The minimum atomic E-state index is -0.490. The molecular weight excluding hydrogens is 270 g/mol. The van der Waals surface area contributed by atoms with E-state index in [1.807, 2.05) is 0 Å². The molecule has 5 nitrogen and oxygen atoms in total. The number of carbonyl (C=O) groups is 2. The Labute approximate surface area is 127 Å². The third-order valence-electron chi connectivity index (χ3n) is 4.88. The molecule has 1 amide bonds. The first-order valence-corrected chi connectivity index (χ1v) is 8.00. The van der Waals surface area contributed by atoms with Gasteiger partial charge in [0.2, 0.25) is 0 Å². The molecule has 1 saturated carbocycles. The summed E-state index contributed by atoms with van der Waals surface area (Å²) in [6.07, 6.45) is 3.33. The molecule has 0 bridgehead atoms. The highest BCUT2D eigenvalue weighted by Crippen LogP contribution is 2.35. The van der Waals surface area contributed by atoms with Gasteiger partial charge in [0.05, 0.1) is 6.61 Å². The summed E-state index contributed by atoms with van der Waals surface area (Å²) >= 11 is 0. The van der Waals surface area contributed by atoms with Gasteiger partial charge in [-0.2, -0.15) is 0 Å². The van der Waals surface area contributed by atoms with Crippen molar-refractivity contribution in [3.05, 3.63) is 0 Å². The first kappa shape index (κ1) is 16.1. The molecule has 1 heterocycles. The zero-order chi connectivity index (χ0) is 15.6. The molecule has 0 N–H and O–H groups in total. The fourth-order valence-corrected chi connectivity index (χ4v) is 3.43. The van der Waals surface area contributed by atoms with Gasteiger partial charge in [-0.05, 0) is 30.6 Å². The van der Waals surface area contributed by atoms with E-state index in [-0.39, 0.29) is 12.1 Å². The van der Waals surface area contributed by atoms with Crippen LogP contribution in [0.2, 0.25) is 0 Å². The molecule has 2 fully saturated rings. The SMILES string of the molecule is CC1CCC(C(C)C)C(OC(=O)N(C)C2CCOC2=O)C1. The smallest absolute Gasteiger partial charge is 0.410 e. The van der Waals surface area contributed by atoms with Crippen LogP contribution in [0.25, 0.3) is 0 Å². The zero-order valence-corrected chi connectivity index (χ0v) is 13.5. The number of nitrogens with zero attached hydrogens (tertiary/aromatic N) is 1. The Balaban J connectivity index is 1.97. The van der Waals surface area contributed by atoms with Crippen molar-refractivity contribution in [3.63, 3.8) is 0 Å². The molecule has 1 aliphatic carbocycles. The molecule has 0 radical (unpaired) electrons. The van der Waals surface area contributed by atoms with Crippen LogP contribution in [-0.2, 0) is 14.3 Å². The predicted molar refractivity (Wildman–Crippen MR) is 78.7 cm³/mol. The molecule has 0 spiro atoms. The van der Waals surface area contributed by atoms with E-state index in [2.05, 4.69) is 20.8 Å². The van der Waals surface area contributed by atoms with Gasteiger partial charge in [0.1, 0.15) is 12.1 Å². The first-order chi connectivity index (χ1) is 9.90. The van der Waals surface area contributed by atoms with Gasteiger partial charge in [0, 0.05) is 13.5 Å². The van der Waals surface area contributed by atoms with Gasteiger partial charge in [-0.3, -0.25) is 4.90 Å². The second-order valence-electron chi connectivity index (χ2n) is 6.83. The Morgan fingerprint density at radius 1 is 1.33 bits per heavy atom. The van der Waals surface area contributed by atoms with Crippen LogP contribution >= 0.6 is 0 Å². The first-order valence-electron chi connectivity index (χ1n) is 8.00. The van der Waals surface area contributed by atoms with E-state index in [0.717, 1.165) is 12.8 Å². The predicted octanol–water partition coefficient (Wildman–Crippen LogP) is 2.83. The number of esters is 1. The Morgan fingerprint density at radius 2 is 2.05 bits per heavy atom. The lowest BCUT2D eigenvalue weighted by Crippen LogP contribution is -2.44. The van der Waals surface area contributed by atoms with Crippen LogP contribution in [0.4, 0.5) is 4.79 Å². The molecule has 1 saturated heterocycles. The van der Waals surface area contributed by atoms with Crippen molar-refractivity contribution in [2.45, 2.75) is 58.6 Å². The summed E-state index contributed by atoms with van der Waals surface area (Å²) in [6.45, 7) is 6.95. The van der Waals surface area contributed by atoms with Crippen molar-refractivity contribution in [1.29, 1.82) is 0 Å². The third kappa shape index (κ3) is 3.69. The zero-order valence-electron chi connectivity index (χ0n) is 13.5. The highest BCUT2D eigenvalue weighted by molar-refractivity contribution is 5.82. The second-order valence-corrected chi connectivity index (χ2v) is 6.83. The topological polar surface area (TPSA) is 55.8 Å². The van der Waals surface area contributed by atoms with Gasteiger partial charge in [0.15, 0.2) is 0 Å². The summed E-state index contributed by atoms with van der Waals surface area (Å²) in [6, 6.07) is -0.490. The number of rotatable bonds is 3.